The van der Waals surface area contributed by atoms with Crippen molar-refractivity contribution in [2.45, 2.75) is 27.2 Å². The third-order valence-corrected chi connectivity index (χ3v) is 2.47. The molecule has 2 amide bonds. The maximum atomic E-state index is 13.3. The van der Waals surface area contributed by atoms with Gasteiger partial charge in [-0.15, -0.1) is 0 Å². The third-order valence-electron chi connectivity index (χ3n) is 2.47. The summed E-state index contributed by atoms with van der Waals surface area (Å²) in [5.74, 6) is -0.930. The number of anilines is 1. The first-order chi connectivity index (χ1) is 8.80. The van der Waals surface area contributed by atoms with Crippen LogP contribution < -0.4 is 10.6 Å². The summed E-state index contributed by atoms with van der Waals surface area (Å²) < 4.78 is 13.3. The van der Waals surface area contributed by atoms with Crippen LogP contribution in [0.3, 0.4) is 0 Å². The second kappa shape index (κ2) is 6.31. The highest BCUT2D eigenvalue weighted by Gasteiger charge is 2.20. The zero-order valence-corrected chi connectivity index (χ0v) is 11.4. The monoisotopic (exact) mass is 266 g/mol. The van der Waals surface area contributed by atoms with Crippen LogP contribution in [-0.4, -0.2) is 18.4 Å². The van der Waals surface area contributed by atoms with E-state index in [-0.39, 0.29) is 30.5 Å². The molecule has 2 N–H and O–H groups in total. The first kappa shape index (κ1) is 15.1. The molecule has 0 atom stereocenters. The first-order valence-corrected chi connectivity index (χ1v) is 6.13. The van der Waals surface area contributed by atoms with E-state index < -0.39 is 11.2 Å². The molecule has 0 aliphatic heterocycles. The predicted molar refractivity (Wildman–Crippen MR) is 72.1 cm³/mol. The fourth-order valence-corrected chi connectivity index (χ4v) is 1.33. The van der Waals surface area contributed by atoms with Crippen molar-refractivity contribution in [2.24, 2.45) is 5.41 Å². The van der Waals surface area contributed by atoms with Gasteiger partial charge in [0.1, 0.15) is 5.82 Å². The summed E-state index contributed by atoms with van der Waals surface area (Å²) in [5, 5.41) is 5.12. The molecule has 0 spiro atoms. The van der Waals surface area contributed by atoms with Gasteiger partial charge in [0, 0.05) is 18.4 Å². The van der Waals surface area contributed by atoms with Crippen LogP contribution in [-0.2, 0) is 9.59 Å². The van der Waals surface area contributed by atoms with Gasteiger partial charge in [-0.25, -0.2) is 4.39 Å². The van der Waals surface area contributed by atoms with E-state index in [4.69, 9.17) is 0 Å². The molecule has 0 radical (unpaired) electrons. The van der Waals surface area contributed by atoms with Gasteiger partial charge in [-0.1, -0.05) is 32.9 Å². The van der Waals surface area contributed by atoms with Crippen molar-refractivity contribution in [3.63, 3.8) is 0 Å². The Morgan fingerprint density at radius 3 is 2.42 bits per heavy atom. The highest BCUT2D eigenvalue weighted by molar-refractivity contribution is 5.91. The molecule has 0 aliphatic carbocycles. The number of nitrogens with one attached hydrogen (secondary N) is 2. The summed E-state index contributed by atoms with van der Waals surface area (Å²) in [6, 6.07) is 5.95. The van der Waals surface area contributed by atoms with Crippen molar-refractivity contribution >= 4 is 17.5 Å². The molecule has 0 unspecified atom stereocenters. The fourth-order valence-electron chi connectivity index (χ4n) is 1.33. The molecule has 5 heteroatoms. The van der Waals surface area contributed by atoms with Crippen LogP contribution in [0.1, 0.15) is 27.2 Å². The lowest BCUT2D eigenvalue weighted by Crippen LogP contribution is -2.36. The van der Waals surface area contributed by atoms with Crippen molar-refractivity contribution in [1.29, 1.82) is 0 Å². The topological polar surface area (TPSA) is 58.2 Å². The number of para-hydroxylation sites is 1. The van der Waals surface area contributed by atoms with Crippen LogP contribution in [0.15, 0.2) is 24.3 Å². The van der Waals surface area contributed by atoms with E-state index in [1.54, 1.807) is 32.9 Å². The number of carbonyl (C=O) groups is 2. The minimum absolute atomic E-state index is 0.107. The average Bonchev–Trinajstić information content (AvgIpc) is 2.31. The van der Waals surface area contributed by atoms with Gasteiger partial charge >= 0.3 is 0 Å². The van der Waals surface area contributed by atoms with Crippen molar-refractivity contribution < 1.29 is 14.0 Å². The Morgan fingerprint density at radius 2 is 1.84 bits per heavy atom. The number of hydrogen-bond acceptors (Lipinski definition) is 2. The molecular formula is C14H19FN2O2. The summed E-state index contributed by atoms with van der Waals surface area (Å²) in [6.45, 7) is 5.61. The molecule has 0 aromatic heterocycles. The Kier molecular flexibility index (Phi) is 5.03. The lowest BCUT2D eigenvalue weighted by atomic mass is 9.96. The molecule has 19 heavy (non-hydrogen) atoms. The first-order valence-electron chi connectivity index (χ1n) is 6.13. The number of amides is 2. The Morgan fingerprint density at radius 1 is 1.21 bits per heavy atom. The number of halogens is 1. The van der Waals surface area contributed by atoms with Gasteiger partial charge < -0.3 is 10.6 Å². The second-order valence-corrected chi connectivity index (χ2v) is 5.28. The Labute approximate surface area is 112 Å². The Bertz CT molecular complexity index is 467. The number of carbonyl (C=O) groups excluding carboxylic acids is 2. The summed E-state index contributed by atoms with van der Waals surface area (Å²) in [4.78, 5) is 23.1. The number of rotatable bonds is 4. The van der Waals surface area contributed by atoms with Crippen LogP contribution in [0.2, 0.25) is 0 Å². The van der Waals surface area contributed by atoms with Gasteiger partial charge in [0.2, 0.25) is 11.8 Å². The van der Waals surface area contributed by atoms with E-state index >= 15 is 0 Å². The molecule has 1 aromatic carbocycles. The smallest absolute Gasteiger partial charge is 0.226 e. The molecule has 0 heterocycles. The molecule has 0 aliphatic rings. The molecule has 0 saturated heterocycles. The van der Waals surface area contributed by atoms with Crippen molar-refractivity contribution in [2.75, 3.05) is 11.9 Å². The molecule has 0 bridgehead atoms. The largest absolute Gasteiger partial charge is 0.355 e. The number of benzene rings is 1. The van der Waals surface area contributed by atoms with Crippen LogP contribution in [0, 0.1) is 11.2 Å². The van der Waals surface area contributed by atoms with E-state index in [2.05, 4.69) is 10.6 Å². The maximum Gasteiger partial charge on any atom is 0.226 e. The van der Waals surface area contributed by atoms with Gasteiger partial charge in [0.15, 0.2) is 0 Å². The molecule has 0 fully saturated rings. The fraction of sp³-hybridized carbons (Fsp3) is 0.429. The zero-order valence-electron chi connectivity index (χ0n) is 11.4. The normalized spacial score (nSPS) is 10.9. The van der Waals surface area contributed by atoms with E-state index in [9.17, 15) is 14.0 Å². The third kappa shape index (κ3) is 5.07. The highest BCUT2D eigenvalue weighted by atomic mass is 19.1. The molecule has 4 nitrogen and oxygen atoms in total. The van der Waals surface area contributed by atoms with E-state index in [1.165, 1.54) is 12.1 Å². The minimum atomic E-state index is -0.484. The standard InChI is InChI=1S/C14H19FN2O2/c1-14(2,3)13(19)16-9-8-12(18)17-11-7-5-4-6-10(11)15/h4-7H,8-9H2,1-3H3,(H,16,19)(H,17,18). The minimum Gasteiger partial charge on any atom is -0.355 e. The summed E-state index contributed by atoms with van der Waals surface area (Å²) in [7, 11) is 0. The average molecular weight is 266 g/mol. The Balaban J connectivity index is 2.37. The molecule has 1 rings (SSSR count). The lowest BCUT2D eigenvalue weighted by molar-refractivity contribution is -0.128. The molecule has 1 aromatic rings. The molecular weight excluding hydrogens is 247 g/mol. The predicted octanol–water partition coefficient (Wildman–Crippen LogP) is 2.32. The summed E-state index contributed by atoms with van der Waals surface area (Å²) in [5.41, 5.74) is -0.336. The zero-order chi connectivity index (χ0) is 14.5. The van der Waals surface area contributed by atoms with Gasteiger partial charge in [-0.3, -0.25) is 9.59 Å². The van der Waals surface area contributed by atoms with Crippen LogP contribution >= 0.6 is 0 Å². The van der Waals surface area contributed by atoms with Crippen molar-refractivity contribution in [1.82, 2.24) is 5.32 Å². The van der Waals surface area contributed by atoms with Crippen LogP contribution in [0.5, 0.6) is 0 Å². The quantitative estimate of drug-likeness (QED) is 0.878. The van der Waals surface area contributed by atoms with Gasteiger partial charge in [-0.05, 0) is 12.1 Å². The molecule has 0 saturated carbocycles. The second-order valence-electron chi connectivity index (χ2n) is 5.28. The van der Waals surface area contributed by atoms with Crippen LogP contribution in [0.4, 0.5) is 10.1 Å². The Hall–Kier alpha value is -1.91. The molecule has 104 valence electrons. The van der Waals surface area contributed by atoms with Crippen LogP contribution in [0.25, 0.3) is 0 Å². The van der Waals surface area contributed by atoms with E-state index in [0.717, 1.165) is 0 Å². The van der Waals surface area contributed by atoms with Gasteiger partial charge in [0.05, 0.1) is 5.69 Å². The van der Waals surface area contributed by atoms with Crippen molar-refractivity contribution in [3.05, 3.63) is 30.1 Å². The SMILES string of the molecule is CC(C)(C)C(=O)NCCC(=O)Nc1ccccc1F. The van der Waals surface area contributed by atoms with E-state index in [1.807, 2.05) is 0 Å². The van der Waals surface area contributed by atoms with Gasteiger partial charge in [0.25, 0.3) is 0 Å². The van der Waals surface area contributed by atoms with Gasteiger partial charge in [-0.2, -0.15) is 0 Å². The maximum absolute atomic E-state index is 13.3. The highest BCUT2D eigenvalue weighted by Crippen LogP contribution is 2.13. The summed E-state index contributed by atoms with van der Waals surface area (Å²) >= 11 is 0. The lowest BCUT2D eigenvalue weighted by Gasteiger charge is -2.17. The van der Waals surface area contributed by atoms with E-state index in [0.29, 0.717) is 0 Å². The van der Waals surface area contributed by atoms with Crippen molar-refractivity contribution in [3.8, 4) is 0 Å². The summed E-state index contributed by atoms with van der Waals surface area (Å²) in [6.07, 6.45) is 0.107. The number of hydrogen-bond donors (Lipinski definition) is 2.